The molecular weight excluding hydrogens is 274 g/mol. The molecule has 1 fully saturated rings. The van der Waals surface area contributed by atoms with E-state index in [1.807, 2.05) is 13.8 Å². The highest BCUT2D eigenvalue weighted by Crippen LogP contribution is 2.26. The first-order chi connectivity index (χ1) is 9.48. The Kier molecular flexibility index (Phi) is 3.40. The van der Waals surface area contributed by atoms with Gasteiger partial charge in [-0.2, -0.15) is 0 Å². The first-order valence-corrected chi connectivity index (χ1v) is 7.57. The predicted molar refractivity (Wildman–Crippen MR) is 80.3 cm³/mol. The summed E-state index contributed by atoms with van der Waals surface area (Å²) < 4.78 is 5.22. The van der Waals surface area contributed by atoms with E-state index in [0.29, 0.717) is 12.4 Å². The summed E-state index contributed by atoms with van der Waals surface area (Å²) in [5.74, 6) is 0.701. The number of hydrogen-bond acceptors (Lipinski definition) is 5. The minimum Gasteiger partial charge on any atom is -0.380 e. The highest BCUT2D eigenvalue weighted by atomic mass is 32.1. The summed E-state index contributed by atoms with van der Waals surface area (Å²) in [6.45, 7) is 9.23. The number of rotatable bonds is 4. The number of H-pyrrole nitrogens is 1. The van der Waals surface area contributed by atoms with E-state index in [0.717, 1.165) is 40.4 Å². The smallest absolute Gasteiger partial charge is 0.259 e. The second-order valence-corrected chi connectivity index (χ2v) is 7.09. The average Bonchev–Trinajstić information content (AvgIpc) is 2.63. The molecule has 5 nitrogen and oxygen atoms in total. The number of thiophene rings is 1. The van der Waals surface area contributed by atoms with Crippen molar-refractivity contribution < 1.29 is 4.74 Å². The number of aromatic nitrogens is 2. The van der Waals surface area contributed by atoms with E-state index >= 15 is 0 Å². The van der Waals surface area contributed by atoms with E-state index in [2.05, 4.69) is 22.2 Å². The maximum absolute atomic E-state index is 12.1. The molecule has 2 N–H and O–H groups in total. The summed E-state index contributed by atoms with van der Waals surface area (Å²) in [7, 11) is 0. The van der Waals surface area contributed by atoms with Gasteiger partial charge in [0, 0.05) is 16.8 Å². The van der Waals surface area contributed by atoms with Crippen LogP contribution in [0, 0.1) is 19.3 Å². The highest BCUT2D eigenvalue weighted by Gasteiger charge is 2.32. The molecule has 3 heterocycles. The van der Waals surface area contributed by atoms with Crippen LogP contribution in [0.25, 0.3) is 10.2 Å². The lowest BCUT2D eigenvalue weighted by molar-refractivity contribution is -0.0992. The SMILES string of the molecule is Cc1sc2nc(CNCC3(C)COC3)[nH]c(=O)c2c1C. The zero-order valence-corrected chi connectivity index (χ0v) is 12.8. The van der Waals surface area contributed by atoms with E-state index in [-0.39, 0.29) is 11.0 Å². The summed E-state index contributed by atoms with van der Waals surface area (Å²) in [4.78, 5) is 21.5. The van der Waals surface area contributed by atoms with Crippen molar-refractivity contribution in [3.63, 3.8) is 0 Å². The van der Waals surface area contributed by atoms with Crippen LogP contribution in [0.2, 0.25) is 0 Å². The van der Waals surface area contributed by atoms with Gasteiger partial charge in [0.15, 0.2) is 0 Å². The van der Waals surface area contributed by atoms with E-state index in [1.165, 1.54) is 0 Å². The van der Waals surface area contributed by atoms with Crippen molar-refractivity contribution in [3.05, 3.63) is 26.6 Å². The number of ether oxygens (including phenoxy) is 1. The summed E-state index contributed by atoms with van der Waals surface area (Å²) in [6, 6.07) is 0. The molecule has 2 aromatic heterocycles. The van der Waals surface area contributed by atoms with Gasteiger partial charge in [0.1, 0.15) is 10.7 Å². The fraction of sp³-hybridized carbons (Fsp3) is 0.571. The van der Waals surface area contributed by atoms with Crippen LogP contribution >= 0.6 is 11.3 Å². The topological polar surface area (TPSA) is 67.0 Å². The van der Waals surface area contributed by atoms with Crippen LogP contribution < -0.4 is 10.9 Å². The first kappa shape index (κ1) is 13.7. The number of nitrogens with one attached hydrogen (secondary N) is 2. The summed E-state index contributed by atoms with van der Waals surface area (Å²) in [6.07, 6.45) is 0. The summed E-state index contributed by atoms with van der Waals surface area (Å²) >= 11 is 1.58. The molecule has 0 aromatic carbocycles. The lowest BCUT2D eigenvalue weighted by Crippen LogP contribution is -2.47. The average molecular weight is 293 g/mol. The van der Waals surface area contributed by atoms with Crippen molar-refractivity contribution in [2.45, 2.75) is 27.3 Å². The maximum Gasteiger partial charge on any atom is 0.259 e. The summed E-state index contributed by atoms with van der Waals surface area (Å²) in [5, 5.41) is 4.08. The van der Waals surface area contributed by atoms with Gasteiger partial charge in [0.25, 0.3) is 5.56 Å². The first-order valence-electron chi connectivity index (χ1n) is 6.76. The van der Waals surface area contributed by atoms with Crippen molar-refractivity contribution >= 4 is 21.6 Å². The molecule has 1 aliphatic heterocycles. The Hall–Kier alpha value is -1.24. The summed E-state index contributed by atoms with van der Waals surface area (Å²) in [5.41, 5.74) is 1.23. The quantitative estimate of drug-likeness (QED) is 0.901. The Morgan fingerprint density at radius 2 is 2.20 bits per heavy atom. The number of nitrogens with zero attached hydrogens (tertiary/aromatic N) is 1. The third-order valence-corrected chi connectivity index (χ3v) is 4.93. The normalized spacial score (nSPS) is 17.4. The van der Waals surface area contributed by atoms with Gasteiger partial charge in [0.2, 0.25) is 0 Å². The third-order valence-electron chi connectivity index (χ3n) is 3.83. The fourth-order valence-electron chi connectivity index (χ4n) is 2.42. The molecule has 108 valence electrons. The second-order valence-electron chi connectivity index (χ2n) is 5.88. The molecular formula is C14H19N3O2S. The van der Waals surface area contributed by atoms with Gasteiger partial charge >= 0.3 is 0 Å². The zero-order valence-electron chi connectivity index (χ0n) is 12.0. The van der Waals surface area contributed by atoms with Gasteiger partial charge in [-0.25, -0.2) is 4.98 Å². The van der Waals surface area contributed by atoms with E-state index < -0.39 is 0 Å². The molecule has 6 heteroatoms. The molecule has 2 aromatic rings. The molecule has 0 bridgehead atoms. The van der Waals surface area contributed by atoms with Crippen molar-refractivity contribution in [3.8, 4) is 0 Å². The predicted octanol–water partition coefficient (Wildman–Crippen LogP) is 1.73. The van der Waals surface area contributed by atoms with Crippen LogP contribution in [-0.4, -0.2) is 29.7 Å². The number of aryl methyl sites for hydroxylation is 2. The molecule has 0 amide bonds. The second kappa shape index (κ2) is 4.95. The molecule has 0 spiro atoms. The molecule has 1 aliphatic rings. The molecule has 20 heavy (non-hydrogen) atoms. The van der Waals surface area contributed by atoms with Crippen molar-refractivity contribution in [1.29, 1.82) is 0 Å². The molecule has 0 saturated carbocycles. The Morgan fingerprint density at radius 1 is 1.45 bits per heavy atom. The minimum absolute atomic E-state index is 0.0353. The molecule has 0 radical (unpaired) electrons. The van der Waals surface area contributed by atoms with Crippen LogP contribution in [0.1, 0.15) is 23.2 Å². The van der Waals surface area contributed by atoms with Gasteiger partial charge in [0.05, 0.1) is 25.1 Å². The van der Waals surface area contributed by atoms with Gasteiger partial charge in [-0.1, -0.05) is 6.92 Å². The Labute approximate surface area is 121 Å². The molecule has 0 unspecified atom stereocenters. The van der Waals surface area contributed by atoms with Crippen LogP contribution in [0.5, 0.6) is 0 Å². The molecule has 3 rings (SSSR count). The Bertz CT molecular complexity index is 700. The van der Waals surface area contributed by atoms with E-state index in [1.54, 1.807) is 11.3 Å². The van der Waals surface area contributed by atoms with Crippen LogP contribution in [0.4, 0.5) is 0 Å². The number of fused-ring (bicyclic) bond motifs is 1. The zero-order chi connectivity index (χ0) is 14.3. The van der Waals surface area contributed by atoms with Gasteiger partial charge < -0.3 is 15.0 Å². The standard InChI is InChI=1S/C14H19N3O2S/c1-8-9(2)20-13-11(8)12(18)16-10(17-13)4-15-5-14(3)6-19-7-14/h15H,4-7H2,1-3H3,(H,16,17,18). The lowest BCUT2D eigenvalue weighted by atomic mass is 9.89. The van der Waals surface area contributed by atoms with E-state index in [4.69, 9.17) is 4.74 Å². The van der Waals surface area contributed by atoms with Gasteiger partial charge in [-0.15, -0.1) is 11.3 Å². The third kappa shape index (κ3) is 2.39. The van der Waals surface area contributed by atoms with Gasteiger partial charge in [-0.3, -0.25) is 4.79 Å². The van der Waals surface area contributed by atoms with Crippen molar-refractivity contribution in [2.75, 3.05) is 19.8 Å². The maximum atomic E-state index is 12.1. The Morgan fingerprint density at radius 3 is 2.85 bits per heavy atom. The number of aromatic amines is 1. The van der Waals surface area contributed by atoms with Crippen LogP contribution in [-0.2, 0) is 11.3 Å². The lowest BCUT2D eigenvalue weighted by Gasteiger charge is -2.38. The molecule has 0 aliphatic carbocycles. The monoisotopic (exact) mass is 293 g/mol. The van der Waals surface area contributed by atoms with Gasteiger partial charge in [-0.05, 0) is 19.4 Å². The Balaban J connectivity index is 1.77. The highest BCUT2D eigenvalue weighted by molar-refractivity contribution is 7.18. The van der Waals surface area contributed by atoms with Crippen LogP contribution in [0.15, 0.2) is 4.79 Å². The fourth-order valence-corrected chi connectivity index (χ4v) is 3.47. The largest absolute Gasteiger partial charge is 0.380 e. The van der Waals surface area contributed by atoms with Crippen molar-refractivity contribution in [1.82, 2.24) is 15.3 Å². The minimum atomic E-state index is -0.0353. The van der Waals surface area contributed by atoms with Crippen molar-refractivity contribution in [2.24, 2.45) is 5.41 Å². The molecule has 0 atom stereocenters. The van der Waals surface area contributed by atoms with E-state index in [9.17, 15) is 4.79 Å². The number of hydrogen-bond donors (Lipinski definition) is 2. The molecule has 1 saturated heterocycles. The van der Waals surface area contributed by atoms with Crippen LogP contribution in [0.3, 0.4) is 0 Å².